The summed E-state index contributed by atoms with van der Waals surface area (Å²) in [5.74, 6) is 1.27. The molecule has 10 heteroatoms. The normalized spacial score (nSPS) is 11.8. The summed E-state index contributed by atoms with van der Waals surface area (Å²) in [4.78, 5) is 43.4. The van der Waals surface area contributed by atoms with Crippen LogP contribution in [0.1, 0.15) is 16.7 Å². The summed E-state index contributed by atoms with van der Waals surface area (Å²) in [6, 6.07) is 17.4. The van der Waals surface area contributed by atoms with Gasteiger partial charge in [0.05, 0.1) is 37.3 Å². The Balaban J connectivity index is 1.40. The molecule has 0 spiro atoms. The van der Waals surface area contributed by atoms with Crippen LogP contribution in [0.15, 0.2) is 88.8 Å². The number of hydrogen-bond acceptors (Lipinski definition) is 7. The van der Waals surface area contributed by atoms with Gasteiger partial charge >= 0.3 is 0 Å². The van der Waals surface area contributed by atoms with E-state index < -0.39 is 0 Å². The number of halogens is 1. The van der Waals surface area contributed by atoms with Crippen molar-refractivity contribution < 1.29 is 28.2 Å². The van der Waals surface area contributed by atoms with E-state index in [1.165, 1.54) is 16.1 Å². The van der Waals surface area contributed by atoms with E-state index in [4.69, 9.17) is 30.2 Å². The molecule has 1 aliphatic heterocycles. The maximum absolute atomic E-state index is 13.8. The van der Waals surface area contributed by atoms with Crippen molar-refractivity contribution in [3.05, 3.63) is 112 Å². The zero-order chi connectivity index (χ0) is 29.6. The highest BCUT2D eigenvalue weighted by molar-refractivity contribution is 6.31. The number of methoxy groups -OCH3 is 1. The highest BCUT2D eigenvalue weighted by Crippen LogP contribution is 2.33. The average molecular weight is 589 g/mol. The van der Waals surface area contributed by atoms with Gasteiger partial charge in [-0.3, -0.25) is 14.4 Å². The first kappa shape index (κ1) is 28.8. The van der Waals surface area contributed by atoms with Crippen molar-refractivity contribution >= 4 is 34.4 Å². The van der Waals surface area contributed by atoms with Crippen LogP contribution >= 0.6 is 11.6 Å². The fourth-order valence-corrected chi connectivity index (χ4v) is 4.83. The Morgan fingerprint density at radius 3 is 2.48 bits per heavy atom. The Hall–Kier alpha value is -4.76. The molecule has 1 aliphatic rings. The van der Waals surface area contributed by atoms with Gasteiger partial charge in [0.25, 0.3) is 0 Å². The molecule has 2 heterocycles. The molecule has 42 heavy (non-hydrogen) atoms. The molecule has 0 unspecified atom stereocenters. The lowest BCUT2D eigenvalue weighted by Gasteiger charge is -2.27. The molecule has 1 aromatic heterocycles. The molecule has 3 aromatic carbocycles. The predicted molar refractivity (Wildman–Crippen MR) is 158 cm³/mol. The molecule has 0 bridgehead atoms. The van der Waals surface area contributed by atoms with E-state index in [0.29, 0.717) is 33.2 Å². The number of hydrogen-bond donors (Lipinski definition) is 0. The third kappa shape index (κ3) is 6.58. The quantitative estimate of drug-likeness (QED) is 0.228. The highest BCUT2D eigenvalue weighted by Gasteiger charge is 2.24. The lowest BCUT2D eigenvalue weighted by molar-refractivity contribution is -0.140. The number of rotatable bonds is 11. The minimum atomic E-state index is -0.358. The van der Waals surface area contributed by atoms with Crippen LogP contribution in [0, 0.1) is 0 Å². The van der Waals surface area contributed by atoms with Crippen LogP contribution in [0.2, 0.25) is 5.02 Å². The third-order valence-corrected chi connectivity index (χ3v) is 7.11. The molecule has 0 saturated heterocycles. The van der Waals surface area contributed by atoms with Crippen molar-refractivity contribution in [2.45, 2.75) is 19.5 Å². The van der Waals surface area contributed by atoms with E-state index in [0.717, 1.165) is 11.1 Å². The van der Waals surface area contributed by atoms with E-state index in [1.54, 1.807) is 55.7 Å². The second-order valence-electron chi connectivity index (χ2n) is 9.76. The van der Waals surface area contributed by atoms with Gasteiger partial charge in [0.2, 0.25) is 18.6 Å². The van der Waals surface area contributed by atoms with Crippen LogP contribution in [0.5, 0.6) is 17.2 Å². The number of ether oxygens (including phenoxy) is 3. The summed E-state index contributed by atoms with van der Waals surface area (Å²) < 4.78 is 21.8. The molecule has 0 radical (unpaired) electrons. The Morgan fingerprint density at radius 2 is 1.71 bits per heavy atom. The lowest BCUT2D eigenvalue weighted by Crippen LogP contribution is -2.43. The summed E-state index contributed by atoms with van der Waals surface area (Å²) in [7, 11) is 1.57. The Kier molecular flexibility index (Phi) is 8.78. The van der Waals surface area contributed by atoms with Crippen molar-refractivity contribution in [3.8, 4) is 17.2 Å². The molecule has 216 valence electrons. The van der Waals surface area contributed by atoms with Gasteiger partial charge < -0.3 is 28.4 Å². The van der Waals surface area contributed by atoms with Gasteiger partial charge in [-0.25, -0.2) is 0 Å². The van der Waals surface area contributed by atoms with Crippen LogP contribution < -0.4 is 19.6 Å². The second-order valence-corrected chi connectivity index (χ2v) is 10.2. The zero-order valence-corrected chi connectivity index (χ0v) is 23.8. The van der Waals surface area contributed by atoms with Gasteiger partial charge in [-0.2, -0.15) is 0 Å². The highest BCUT2D eigenvalue weighted by atomic mass is 35.5. The van der Waals surface area contributed by atoms with Gasteiger partial charge in [0.15, 0.2) is 16.9 Å². The predicted octanol–water partition coefficient (Wildman–Crippen LogP) is 4.97. The first-order valence-corrected chi connectivity index (χ1v) is 13.6. The first-order valence-electron chi connectivity index (χ1n) is 13.2. The molecule has 0 N–H and O–H groups in total. The van der Waals surface area contributed by atoms with Gasteiger partial charge in [0.1, 0.15) is 17.9 Å². The summed E-state index contributed by atoms with van der Waals surface area (Å²) in [5, 5.41) is 0.717. The molecule has 0 aliphatic carbocycles. The minimum Gasteiger partial charge on any atom is -0.497 e. The number of fused-ring (bicyclic) bond motifs is 2. The summed E-state index contributed by atoms with van der Waals surface area (Å²) in [6.07, 6.45) is 3.03. The number of amides is 2. The number of carbonyl (C=O) groups is 2. The maximum atomic E-state index is 13.8. The van der Waals surface area contributed by atoms with Crippen molar-refractivity contribution in [1.82, 2.24) is 9.80 Å². The van der Waals surface area contributed by atoms with E-state index in [-0.39, 0.29) is 62.2 Å². The lowest BCUT2D eigenvalue weighted by atomic mass is 10.1. The van der Waals surface area contributed by atoms with Gasteiger partial charge in [0, 0.05) is 18.1 Å². The van der Waals surface area contributed by atoms with Crippen LogP contribution in [0.4, 0.5) is 0 Å². The number of benzene rings is 3. The molecular weight excluding hydrogens is 560 g/mol. The molecule has 0 saturated carbocycles. The van der Waals surface area contributed by atoms with Gasteiger partial charge in [-0.05, 0) is 53.6 Å². The summed E-state index contributed by atoms with van der Waals surface area (Å²) in [6.45, 7) is 3.94. The van der Waals surface area contributed by atoms with Crippen LogP contribution in [0.25, 0.3) is 11.0 Å². The van der Waals surface area contributed by atoms with Gasteiger partial charge in [-0.1, -0.05) is 35.9 Å². The Bertz CT molecular complexity index is 1680. The number of nitrogens with zero attached hydrogens (tertiary/aromatic N) is 2. The average Bonchev–Trinajstić information content (AvgIpc) is 3.46. The monoisotopic (exact) mass is 588 g/mol. The summed E-state index contributed by atoms with van der Waals surface area (Å²) >= 11 is 6.12. The Labute approximate surface area is 247 Å². The molecule has 2 amide bonds. The first-order chi connectivity index (χ1) is 20.3. The molecule has 4 aromatic rings. The third-order valence-electron chi connectivity index (χ3n) is 6.87. The van der Waals surface area contributed by atoms with E-state index in [9.17, 15) is 14.4 Å². The van der Waals surface area contributed by atoms with Gasteiger partial charge in [-0.15, -0.1) is 6.58 Å². The maximum Gasteiger partial charge on any atom is 0.242 e. The topological polar surface area (TPSA) is 98.5 Å². The van der Waals surface area contributed by atoms with Crippen LogP contribution in [0.3, 0.4) is 0 Å². The SMILES string of the molecule is C=CCN(CC(=O)N(Cc1ccc2c(c1)OCO2)Cc1coc2ccc(Cl)cc2c1=O)C(=O)Cc1ccc(OC)cc1. The molecule has 9 nitrogen and oxygen atoms in total. The van der Waals surface area contributed by atoms with Crippen molar-refractivity contribution in [1.29, 1.82) is 0 Å². The standard InChI is InChI=1S/C32H29ClN2O7/c1-3-12-34(30(36)14-21-4-8-25(39-2)9-5-21)18-31(37)35(16-22-6-10-28-29(13-22)42-20-41-28)17-23-19-40-27-11-7-24(33)15-26(27)32(23)38/h3-11,13,15,19H,1,12,14,16-18,20H2,2H3. The zero-order valence-electron chi connectivity index (χ0n) is 23.0. The minimum absolute atomic E-state index is 0.0489. The molecule has 0 atom stereocenters. The van der Waals surface area contributed by atoms with Crippen molar-refractivity contribution in [2.24, 2.45) is 0 Å². The fraction of sp³-hybridized carbons (Fsp3) is 0.219. The van der Waals surface area contributed by atoms with Crippen molar-refractivity contribution in [3.63, 3.8) is 0 Å². The van der Waals surface area contributed by atoms with Crippen LogP contribution in [-0.4, -0.2) is 48.6 Å². The summed E-state index contributed by atoms with van der Waals surface area (Å²) in [5.41, 5.74) is 1.93. The largest absolute Gasteiger partial charge is 0.497 e. The van der Waals surface area contributed by atoms with E-state index >= 15 is 0 Å². The molecule has 0 fully saturated rings. The Morgan fingerprint density at radius 1 is 0.952 bits per heavy atom. The molecular formula is C32H29ClN2O7. The number of carbonyl (C=O) groups excluding carboxylic acids is 2. The van der Waals surface area contributed by atoms with E-state index in [1.807, 2.05) is 18.2 Å². The van der Waals surface area contributed by atoms with Crippen LogP contribution in [-0.2, 0) is 29.1 Å². The second kappa shape index (κ2) is 12.8. The van der Waals surface area contributed by atoms with E-state index in [2.05, 4.69) is 6.58 Å². The molecule has 5 rings (SSSR count). The fourth-order valence-electron chi connectivity index (χ4n) is 4.65. The smallest absolute Gasteiger partial charge is 0.242 e. The van der Waals surface area contributed by atoms with Crippen molar-refractivity contribution in [2.75, 3.05) is 27.0 Å².